The first-order chi connectivity index (χ1) is 11.8. The molecular formula is C16H21N5O3S. The Morgan fingerprint density at radius 3 is 2.76 bits per heavy atom. The molecule has 0 bridgehead atoms. The van der Waals surface area contributed by atoms with E-state index < -0.39 is 10.0 Å². The minimum atomic E-state index is -3.74. The van der Waals surface area contributed by atoms with Crippen LogP contribution in [0.4, 0.5) is 0 Å². The minimum Gasteiger partial charge on any atom is -0.345 e. The molecule has 1 atom stereocenters. The van der Waals surface area contributed by atoms with Crippen molar-refractivity contribution < 1.29 is 13.2 Å². The zero-order valence-corrected chi connectivity index (χ0v) is 15.2. The molecule has 134 valence electrons. The fourth-order valence-electron chi connectivity index (χ4n) is 2.98. The normalized spacial score (nSPS) is 18.4. The lowest BCUT2D eigenvalue weighted by molar-refractivity contribution is 0.0827. The summed E-state index contributed by atoms with van der Waals surface area (Å²) in [6.45, 7) is 2.19. The summed E-state index contributed by atoms with van der Waals surface area (Å²) in [4.78, 5) is 17.9. The zero-order chi connectivity index (χ0) is 18.2. The molecule has 9 heteroatoms. The van der Waals surface area contributed by atoms with Gasteiger partial charge in [0.15, 0.2) is 5.82 Å². The first-order valence-electron chi connectivity index (χ1n) is 8.03. The van der Waals surface area contributed by atoms with E-state index in [2.05, 4.69) is 15.2 Å². The minimum absolute atomic E-state index is 0.111. The van der Waals surface area contributed by atoms with Crippen molar-refractivity contribution >= 4 is 15.9 Å². The number of aromatic amines is 1. The largest absolute Gasteiger partial charge is 0.345 e. The molecule has 2 heterocycles. The Hall–Kier alpha value is -2.26. The number of nitrogens with zero attached hydrogens (tertiary/aromatic N) is 4. The fraction of sp³-hybridized carbons (Fsp3) is 0.438. The van der Waals surface area contributed by atoms with Crippen molar-refractivity contribution in [1.29, 1.82) is 0 Å². The topological polar surface area (TPSA) is 99.3 Å². The molecule has 1 aromatic heterocycles. The molecule has 1 saturated heterocycles. The van der Waals surface area contributed by atoms with E-state index in [1.54, 1.807) is 33.2 Å². The Balaban J connectivity index is 1.96. The zero-order valence-electron chi connectivity index (χ0n) is 14.4. The number of amides is 1. The first-order valence-corrected chi connectivity index (χ1v) is 9.47. The number of sulfonamides is 1. The molecule has 0 aliphatic carbocycles. The second-order valence-corrected chi connectivity index (χ2v) is 8.17. The van der Waals surface area contributed by atoms with Crippen molar-refractivity contribution in [3.05, 3.63) is 41.5 Å². The molecule has 1 N–H and O–H groups in total. The number of aromatic nitrogens is 3. The average Bonchev–Trinajstić information content (AvgIpc) is 3.23. The van der Waals surface area contributed by atoms with Crippen LogP contribution in [0.1, 0.15) is 40.9 Å². The van der Waals surface area contributed by atoms with Gasteiger partial charge in [0.05, 0.1) is 10.9 Å². The highest BCUT2D eigenvalue weighted by atomic mass is 32.2. The first kappa shape index (κ1) is 17.6. The molecule has 1 aliphatic heterocycles. The van der Waals surface area contributed by atoms with E-state index in [4.69, 9.17) is 0 Å². The van der Waals surface area contributed by atoms with Crippen LogP contribution in [0.5, 0.6) is 0 Å². The second kappa shape index (κ2) is 6.57. The van der Waals surface area contributed by atoms with Gasteiger partial charge in [-0.25, -0.2) is 13.4 Å². The van der Waals surface area contributed by atoms with Crippen molar-refractivity contribution in [2.45, 2.75) is 30.7 Å². The molecule has 25 heavy (non-hydrogen) atoms. The predicted octanol–water partition coefficient (Wildman–Crippen LogP) is 1.34. The highest BCUT2D eigenvalue weighted by Crippen LogP contribution is 2.35. The van der Waals surface area contributed by atoms with Crippen molar-refractivity contribution in [3.63, 3.8) is 0 Å². The summed E-state index contributed by atoms with van der Waals surface area (Å²) in [5.74, 6) is 0.900. The third kappa shape index (κ3) is 3.29. The van der Waals surface area contributed by atoms with Gasteiger partial charge in [-0.3, -0.25) is 9.89 Å². The quantitative estimate of drug-likeness (QED) is 0.884. The summed E-state index contributed by atoms with van der Waals surface area (Å²) in [5, 5.41) is 6.88. The van der Waals surface area contributed by atoms with E-state index in [9.17, 15) is 13.2 Å². The highest BCUT2D eigenvalue weighted by Gasteiger charge is 2.38. The van der Waals surface area contributed by atoms with Gasteiger partial charge in [0.1, 0.15) is 5.82 Å². The molecule has 0 radical (unpaired) electrons. The van der Waals surface area contributed by atoms with Gasteiger partial charge in [-0.15, -0.1) is 0 Å². The Labute approximate surface area is 146 Å². The van der Waals surface area contributed by atoms with Gasteiger partial charge in [-0.1, -0.05) is 6.07 Å². The highest BCUT2D eigenvalue weighted by molar-refractivity contribution is 7.89. The van der Waals surface area contributed by atoms with Crippen LogP contribution in [0.2, 0.25) is 0 Å². The third-order valence-corrected chi connectivity index (χ3v) is 6.11. The van der Waals surface area contributed by atoms with Gasteiger partial charge >= 0.3 is 0 Å². The Bertz CT molecular complexity index is 891. The fourth-order valence-corrected chi connectivity index (χ4v) is 4.68. The third-order valence-electron chi connectivity index (χ3n) is 4.21. The van der Waals surface area contributed by atoms with Gasteiger partial charge < -0.3 is 4.90 Å². The van der Waals surface area contributed by atoms with Gasteiger partial charge in [-0.2, -0.15) is 9.40 Å². The molecule has 0 saturated carbocycles. The molecule has 1 unspecified atom stereocenters. The number of H-pyrrole nitrogens is 1. The molecule has 3 rings (SSSR count). The molecule has 2 aromatic rings. The molecule has 1 aromatic carbocycles. The maximum absolute atomic E-state index is 13.1. The number of carbonyl (C=O) groups is 1. The molecule has 1 fully saturated rings. The Morgan fingerprint density at radius 2 is 2.12 bits per heavy atom. The molecule has 1 aliphatic rings. The van der Waals surface area contributed by atoms with E-state index in [-0.39, 0.29) is 16.8 Å². The maximum atomic E-state index is 13.1. The van der Waals surface area contributed by atoms with E-state index in [0.717, 1.165) is 6.42 Å². The van der Waals surface area contributed by atoms with Crippen molar-refractivity contribution in [2.24, 2.45) is 0 Å². The second-order valence-electron chi connectivity index (χ2n) is 6.28. The van der Waals surface area contributed by atoms with Crippen LogP contribution in [0.3, 0.4) is 0 Å². The standard InChI is InChI=1S/C16H21N5O3S/c1-11-17-15(19-18-11)14-8-5-9-21(14)25(23,24)13-7-4-6-12(10-13)16(22)20(2)3/h4,6-7,10,14H,5,8-9H2,1-3H3,(H,17,18,19). The van der Waals surface area contributed by atoms with Crippen LogP contribution >= 0.6 is 0 Å². The van der Waals surface area contributed by atoms with E-state index in [1.807, 2.05) is 0 Å². The number of hydrogen-bond acceptors (Lipinski definition) is 5. The van der Waals surface area contributed by atoms with E-state index >= 15 is 0 Å². The van der Waals surface area contributed by atoms with Crippen molar-refractivity contribution in [1.82, 2.24) is 24.4 Å². The number of aryl methyl sites for hydroxylation is 1. The van der Waals surface area contributed by atoms with Crippen LogP contribution in [0.15, 0.2) is 29.2 Å². The molecule has 8 nitrogen and oxygen atoms in total. The maximum Gasteiger partial charge on any atom is 0.253 e. The van der Waals surface area contributed by atoms with Gasteiger partial charge in [-0.05, 0) is 38.0 Å². The lowest BCUT2D eigenvalue weighted by Crippen LogP contribution is -2.31. The number of hydrogen-bond donors (Lipinski definition) is 1. The lowest BCUT2D eigenvalue weighted by atomic mass is 10.2. The monoisotopic (exact) mass is 363 g/mol. The summed E-state index contributed by atoms with van der Waals surface area (Å²) in [5.41, 5.74) is 0.343. The van der Waals surface area contributed by atoms with Crippen LogP contribution in [-0.2, 0) is 10.0 Å². The SMILES string of the molecule is Cc1nc(C2CCCN2S(=O)(=O)c2cccc(C(=O)N(C)C)c2)n[nH]1. The Kier molecular flexibility index (Phi) is 4.61. The van der Waals surface area contributed by atoms with Crippen LogP contribution in [-0.4, -0.2) is 59.4 Å². The van der Waals surface area contributed by atoms with Crippen molar-refractivity contribution in [3.8, 4) is 0 Å². The van der Waals surface area contributed by atoms with Crippen molar-refractivity contribution in [2.75, 3.05) is 20.6 Å². The van der Waals surface area contributed by atoms with Crippen LogP contribution in [0.25, 0.3) is 0 Å². The van der Waals surface area contributed by atoms with E-state index in [0.29, 0.717) is 30.2 Å². The number of carbonyl (C=O) groups excluding carboxylic acids is 1. The van der Waals surface area contributed by atoms with Gasteiger partial charge in [0.25, 0.3) is 5.91 Å². The summed E-state index contributed by atoms with van der Waals surface area (Å²) in [6.07, 6.45) is 1.42. The number of nitrogens with one attached hydrogen (secondary N) is 1. The van der Waals surface area contributed by atoms with Gasteiger partial charge in [0, 0.05) is 26.2 Å². The Morgan fingerprint density at radius 1 is 1.36 bits per heavy atom. The predicted molar refractivity (Wildman–Crippen MR) is 91.4 cm³/mol. The number of benzene rings is 1. The summed E-state index contributed by atoms with van der Waals surface area (Å²) in [6, 6.07) is 5.76. The van der Waals surface area contributed by atoms with Gasteiger partial charge in [0.2, 0.25) is 10.0 Å². The smallest absolute Gasteiger partial charge is 0.253 e. The van der Waals surface area contributed by atoms with E-state index in [1.165, 1.54) is 21.3 Å². The summed E-state index contributed by atoms with van der Waals surface area (Å²) >= 11 is 0. The lowest BCUT2D eigenvalue weighted by Gasteiger charge is -2.22. The summed E-state index contributed by atoms with van der Waals surface area (Å²) in [7, 11) is -0.479. The van der Waals surface area contributed by atoms with Crippen LogP contribution in [0, 0.1) is 6.92 Å². The van der Waals surface area contributed by atoms with Crippen LogP contribution < -0.4 is 0 Å². The average molecular weight is 363 g/mol. The molecule has 1 amide bonds. The molecular weight excluding hydrogens is 342 g/mol. The summed E-state index contributed by atoms with van der Waals surface area (Å²) < 4.78 is 27.6. The number of rotatable bonds is 4. The molecule has 0 spiro atoms.